The van der Waals surface area contributed by atoms with E-state index in [1.165, 1.54) is 4.88 Å². The van der Waals surface area contributed by atoms with Crippen molar-refractivity contribution in [1.29, 1.82) is 0 Å². The van der Waals surface area contributed by atoms with Crippen molar-refractivity contribution in [2.24, 2.45) is 0 Å². The van der Waals surface area contributed by atoms with Crippen LogP contribution in [0.15, 0.2) is 12.3 Å². The predicted molar refractivity (Wildman–Crippen MR) is 44.7 cm³/mol. The Morgan fingerprint density at radius 1 is 1.55 bits per heavy atom. The fraction of sp³-hybridized carbons (Fsp3) is 0.625. The first-order chi connectivity index (χ1) is 5.36. The van der Waals surface area contributed by atoms with Crippen LogP contribution in [0.1, 0.15) is 30.1 Å². The second-order valence-corrected chi connectivity index (χ2v) is 3.94. The molecule has 2 rings (SSSR count). The van der Waals surface area contributed by atoms with E-state index in [4.69, 9.17) is 0 Å². The van der Waals surface area contributed by atoms with E-state index in [1.54, 1.807) is 11.5 Å². The molecule has 1 heterocycles. The van der Waals surface area contributed by atoms with Crippen LogP contribution in [0, 0.1) is 0 Å². The molecule has 2 atom stereocenters. The Morgan fingerprint density at radius 2 is 2.45 bits per heavy atom. The minimum absolute atomic E-state index is 0.0675. The summed E-state index contributed by atoms with van der Waals surface area (Å²) >= 11 is 1.56. The summed E-state index contributed by atoms with van der Waals surface area (Å²) < 4.78 is 4.05. The Balaban J connectivity index is 2.08. The molecule has 0 aromatic carbocycles. The van der Waals surface area contributed by atoms with Crippen molar-refractivity contribution in [3.05, 3.63) is 17.1 Å². The molecule has 3 heteroatoms. The quantitative estimate of drug-likeness (QED) is 0.695. The smallest absolute Gasteiger partial charge is 0.0546 e. The minimum atomic E-state index is -0.0675. The molecule has 1 saturated carbocycles. The van der Waals surface area contributed by atoms with Gasteiger partial charge in [-0.25, -0.2) is 4.37 Å². The number of nitrogens with zero attached hydrogens (tertiary/aromatic N) is 1. The van der Waals surface area contributed by atoms with Crippen molar-refractivity contribution in [1.82, 2.24) is 4.37 Å². The van der Waals surface area contributed by atoms with Gasteiger partial charge in [-0.2, -0.15) is 0 Å². The third-order valence-corrected chi connectivity index (χ3v) is 3.17. The highest BCUT2D eigenvalue weighted by Gasteiger charge is 2.24. The Kier molecular flexibility index (Phi) is 1.92. The van der Waals surface area contributed by atoms with Gasteiger partial charge < -0.3 is 5.11 Å². The molecule has 2 unspecified atom stereocenters. The maximum absolute atomic E-state index is 9.28. The SMILES string of the molecule is OC1CCC(c2ccns2)C1. The third-order valence-electron chi connectivity index (χ3n) is 2.27. The fourth-order valence-corrected chi connectivity index (χ4v) is 2.38. The highest BCUT2D eigenvalue weighted by molar-refractivity contribution is 7.05. The molecule has 0 spiro atoms. The Bertz CT molecular complexity index is 222. The number of hydrogen-bond acceptors (Lipinski definition) is 3. The van der Waals surface area contributed by atoms with Crippen molar-refractivity contribution >= 4 is 11.5 Å². The number of aliphatic hydroxyl groups excluding tert-OH is 1. The molecule has 0 saturated heterocycles. The van der Waals surface area contributed by atoms with E-state index in [2.05, 4.69) is 10.4 Å². The first-order valence-electron chi connectivity index (χ1n) is 3.95. The summed E-state index contributed by atoms with van der Waals surface area (Å²) in [7, 11) is 0. The molecule has 11 heavy (non-hydrogen) atoms. The minimum Gasteiger partial charge on any atom is -0.393 e. The van der Waals surface area contributed by atoms with Gasteiger partial charge in [-0.3, -0.25) is 0 Å². The van der Waals surface area contributed by atoms with Crippen LogP contribution in [0.2, 0.25) is 0 Å². The van der Waals surface area contributed by atoms with Crippen LogP contribution < -0.4 is 0 Å². The Labute approximate surface area is 70.0 Å². The zero-order chi connectivity index (χ0) is 7.68. The van der Waals surface area contributed by atoms with Gasteiger partial charge in [-0.1, -0.05) is 0 Å². The van der Waals surface area contributed by atoms with E-state index in [-0.39, 0.29) is 6.10 Å². The second kappa shape index (κ2) is 2.91. The first kappa shape index (κ1) is 7.25. The van der Waals surface area contributed by atoms with Crippen LogP contribution in [0.25, 0.3) is 0 Å². The van der Waals surface area contributed by atoms with Gasteiger partial charge in [0.05, 0.1) is 6.10 Å². The first-order valence-corrected chi connectivity index (χ1v) is 4.72. The summed E-state index contributed by atoms with van der Waals surface area (Å²) in [6.07, 6.45) is 4.79. The third kappa shape index (κ3) is 1.44. The molecule has 1 N–H and O–H groups in total. The van der Waals surface area contributed by atoms with Gasteiger partial charge in [-0.05, 0) is 42.8 Å². The standard InChI is InChI=1S/C8H11NOS/c10-7-2-1-6(5-7)8-3-4-9-11-8/h3-4,6-7,10H,1-2,5H2. The lowest BCUT2D eigenvalue weighted by molar-refractivity contribution is 0.181. The number of rotatable bonds is 1. The van der Waals surface area contributed by atoms with Crippen LogP contribution in [0.4, 0.5) is 0 Å². The zero-order valence-corrected chi connectivity index (χ0v) is 7.05. The van der Waals surface area contributed by atoms with Crippen LogP contribution in [-0.4, -0.2) is 15.6 Å². The summed E-state index contributed by atoms with van der Waals surface area (Å²) in [6.45, 7) is 0. The average molecular weight is 169 g/mol. The second-order valence-electron chi connectivity index (χ2n) is 3.08. The molecule has 0 amide bonds. The van der Waals surface area contributed by atoms with Crippen LogP contribution >= 0.6 is 11.5 Å². The Morgan fingerprint density at radius 3 is 3.00 bits per heavy atom. The van der Waals surface area contributed by atoms with Crippen LogP contribution in [0.3, 0.4) is 0 Å². The van der Waals surface area contributed by atoms with Crippen molar-refractivity contribution in [2.45, 2.75) is 31.3 Å². The summed E-state index contributed by atoms with van der Waals surface area (Å²) in [5, 5.41) is 9.28. The van der Waals surface area contributed by atoms with Gasteiger partial charge in [0.25, 0.3) is 0 Å². The van der Waals surface area contributed by atoms with Gasteiger partial charge >= 0.3 is 0 Å². The van der Waals surface area contributed by atoms with Gasteiger partial charge in [0.15, 0.2) is 0 Å². The molecular formula is C8H11NOS. The molecule has 1 fully saturated rings. The van der Waals surface area contributed by atoms with Crippen LogP contribution in [0.5, 0.6) is 0 Å². The average Bonchev–Trinajstić information content (AvgIpc) is 2.55. The molecule has 1 aromatic heterocycles. The summed E-state index contributed by atoms with van der Waals surface area (Å²) in [4.78, 5) is 1.33. The summed E-state index contributed by atoms with van der Waals surface area (Å²) in [5.74, 6) is 0.581. The van der Waals surface area contributed by atoms with Gasteiger partial charge in [-0.15, -0.1) is 0 Å². The van der Waals surface area contributed by atoms with Crippen molar-refractivity contribution in [3.63, 3.8) is 0 Å². The predicted octanol–water partition coefficient (Wildman–Crippen LogP) is 1.77. The van der Waals surface area contributed by atoms with Gasteiger partial charge in [0, 0.05) is 11.1 Å². The molecule has 1 aliphatic rings. The van der Waals surface area contributed by atoms with E-state index >= 15 is 0 Å². The maximum atomic E-state index is 9.28. The molecule has 0 aliphatic heterocycles. The van der Waals surface area contributed by atoms with Crippen molar-refractivity contribution in [3.8, 4) is 0 Å². The van der Waals surface area contributed by atoms with Crippen LogP contribution in [-0.2, 0) is 0 Å². The molecule has 2 nitrogen and oxygen atoms in total. The molecule has 1 aromatic rings. The Hall–Kier alpha value is -0.410. The van der Waals surface area contributed by atoms with E-state index in [0.717, 1.165) is 19.3 Å². The highest BCUT2D eigenvalue weighted by Crippen LogP contribution is 2.35. The van der Waals surface area contributed by atoms with Gasteiger partial charge in [0.2, 0.25) is 0 Å². The maximum Gasteiger partial charge on any atom is 0.0546 e. The highest BCUT2D eigenvalue weighted by atomic mass is 32.1. The number of hydrogen-bond donors (Lipinski definition) is 1. The largest absolute Gasteiger partial charge is 0.393 e. The van der Waals surface area contributed by atoms with E-state index in [9.17, 15) is 5.11 Å². The normalized spacial score (nSPS) is 31.0. The van der Waals surface area contributed by atoms with E-state index in [0.29, 0.717) is 5.92 Å². The lowest BCUT2D eigenvalue weighted by atomic mass is 10.1. The van der Waals surface area contributed by atoms with Gasteiger partial charge in [0.1, 0.15) is 0 Å². The topological polar surface area (TPSA) is 33.1 Å². The van der Waals surface area contributed by atoms with E-state index < -0.39 is 0 Å². The number of aromatic nitrogens is 1. The zero-order valence-electron chi connectivity index (χ0n) is 6.23. The van der Waals surface area contributed by atoms with Crippen molar-refractivity contribution < 1.29 is 5.11 Å². The molecule has 0 radical (unpaired) electrons. The lowest BCUT2D eigenvalue weighted by Crippen LogP contribution is -1.98. The number of aliphatic hydroxyl groups is 1. The summed E-state index contributed by atoms with van der Waals surface area (Å²) in [5.41, 5.74) is 0. The fourth-order valence-electron chi connectivity index (χ4n) is 1.65. The van der Waals surface area contributed by atoms with Crippen molar-refractivity contribution in [2.75, 3.05) is 0 Å². The molecule has 1 aliphatic carbocycles. The monoisotopic (exact) mass is 169 g/mol. The lowest BCUT2D eigenvalue weighted by Gasteiger charge is -2.03. The molecule has 0 bridgehead atoms. The molecular weight excluding hydrogens is 158 g/mol. The summed E-state index contributed by atoms with van der Waals surface area (Å²) in [6, 6.07) is 2.06. The van der Waals surface area contributed by atoms with E-state index in [1.807, 2.05) is 6.20 Å². The molecule has 60 valence electrons.